The molecule has 10 nitrogen and oxygen atoms in total. The Morgan fingerprint density at radius 1 is 1.16 bits per heavy atom. The van der Waals surface area contributed by atoms with Gasteiger partial charge in [0.25, 0.3) is 0 Å². The molecule has 2 aromatic heterocycles. The van der Waals surface area contributed by atoms with Crippen molar-refractivity contribution in [2.45, 2.75) is 82.7 Å². The second-order valence-corrected chi connectivity index (χ2v) is 15.7. The maximum atomic E-state index is 15.7. The molecule has 3 aliphatic heterocycles. The van der Waals surface area contributed by atoms with Gasteiger partial charge >= 0.3 is 24.5 Å². The number of benzene rings is 2. The average molecular weight is 812 g/mol. The quantitative estimate of drug-likeness (QED) is 0.175. The van der Waals surface area contributed by atoms with Gasteiger partial charge < -0.3 is 25.0 Å². The predicted molar refractivity (Wildman–Crippen MR) is 193 cm³/mol. The van der Waals surface area contributed by atoms with Crippen molar-refractivity contribution in [2.24, 2.45) is 0 Å². The van der Waals surface area contributed by atoms with Gasteiger partial charge in [0.2, 0.25) is 0 Å². The Morgan fingerprint density at radius 3 is 2.57 bits per heavy atom. The number of carbonyl (C=O) groups is 1. The number of nitrogen functional groups attached to an aromatic ring is 1. The monoisotopic (exact) mass is 811 g/mol. The summed E-state index contributed by atoms with van der Waals surface area (Å²) in [5.41, 5.74) is -1.92. The smallest absolute Gasteiger partial charge is 0.419 e. The first-order valence-electron chi connectivity index (χ1n) is 18.0. The first-order chi connectivity index (χ1) is 26.4. The number of hydrogen-bond acceptors (Lipinski definition) is 10. The average Bonchev–Trinajstić information content (AvgIpc) is 3.88. The van der Waals surface area contributed by atoms with Crippen molar-refractivity contribution in [3.63, 3.8) is 0 Å². The highest BCUT2D eigenvalue weighted by molar-refractivity contribution is 7.23. The standard InChI is InChI=1S/C37H37F8N7O3S/c1-4-52(20-8-11-50(16-20)34(53)55-18(2)3)32-22-12-24(36(40,41)42)27(21-6-7-25(39)30-26(21)23(14-46)31(47)56-30)28(37(43,44)45)29(22)48-33(49-32)54-17-35-9-5-10-51(35)15-19(38)13-35/h6-7,12,18-20H,4-5,8-11,13,15-17,47H2,1-3H3/t19-,20+,35+/m1/s1. The van der Waals surface area contributed by atoms with E-state index in [0.717, 1.165) is 18.6 Å². The highest BCUT2D eigenvalue weighted by atomic mass is 32.1. The van der Waals surface area contributed by atoms with E-state index >= 15 is 30.7 Å². The largest absolute Gasteiger partial charge is 0.461 e. The Kier molecular flexibility index (Phi) is 10.1. The molecule has 4 aromatic rings. The third-order valence-corrected chi connectivity index (χ3v) is 11.8. The molecule has 1 amide bonds. The van der Waals surface area contributed by atoms with E-state index in [9.17, 15) is 14.4 Å². The normalized spacial score (nSPS) is 21.7. The molecule has 3 saturated heterocycles. The number of anilines is 2. The minimum atomic E-state index is -5.53. The maximum Gasteiger partial charge on any atom is 0.419 e. The van der Waals surface area contributed by atoms with Crippen molar-refractivity contribution >= 4 is 49.2 Å². The molecule has 0 bridgehead atoms. The van der Waals surface area contributed by atoms with Crippen LogP contribution >= 0.6 is 11.3 Å². The van der Waals surface area contributed by atoms with Crippen molar-refractivity contribution in [1.29, 1.82) is 5.26 Å². The SMILES string of the molecule is CCN(c1nc(OC[C@@]23CCCN2C[C@H](F)C3)nc2c(C(F)(F)F)c(-c3ccc(F)c4sc(N)c(C#N)c34)c(C(F)(F)F)cc12)[C@H]1CCN(C(=O)OC(C)C)C1. The summed E-state index contributed by atoms with van der Waals surface area (Å²) in [5.74, 6) is -1.30. The Balaban J connectivity index is 1.50. The van der Waals surface area contributed by atoms with Gasteiger partial charge in [0.15, 0.2) is 0 Å². The lowest BCUT2D eigenvalue weighted by Crippen LogP contribution is -2.43. The number of rotatable bonds is 8. The predicted octanol–water partition coefficient (Wildman–Crippen LogP) is 8.54. The third kappa shape index (κ3) is 6.88. The molecule has 300 valence electrons. The molecule has 0 radical (unpaired) electrons. The van der Waals surface area contributed by atoms with E-state index in [-0.39, 0.29) is 56.4 Å². The number of amides is 1. The lowest BCUT2D eigenvalue weighted by atomic mass is 9.88. The molecule has 0 spiro atoms. The van der Waals surface area contributed by atoms with Crippen LogP contribution in [0, 0.1) is 17.1 Å². The van der Waals surface area contributed by atoms with Crippen LogP contribution in [0.2, 0.25) is 0 Å². The topological polar surface area (TPSA) is 121 Å². The molecule has 19 heteroatoms. The molecule has 3 aliphatic rings. The van der Waals surface area contributed by atoms with Crippen molar-refractivity contribution < 1.29 is 49.4 Å². The molecule has 3 fully saturated rings. The van der Waals surface area contributed by atoms with Crippen molar-refractivity contribution in [2.75, 3.05) is 50.0 Å². The summed E-state index contributed by atoms with van der Waals surface area (Å²) in [6, 6.07) is 2.51. The van der Waals surface area contributed by atoms with Gasteiger partial charge in [-0.15, -0.1) is 11.3 Å². The molecule has 7 rings (SSSR count). The first-order valence-corrected chi connectivity index (χ1v) is 18.9. The van der Waals surface area contributed by atoms with Crippen molar-refractivity contribution in [3.05, 3.63) is 40.7 Å². The van der Waals surface area contributed by atoms with Gasteiger partial charge in [-0.25, -0.2) is 13.6 Å². The van der Waals surface area contributed by atoms with Crippen LogP contribution in [0.5, 0.6) is 6.01 Å². The number of likely N-dealkylation sites (N-methyl/N-ethyl adjacent to an activating group) is 1. The molecule has 0 aliphatic carbocycles. The Morgan fingerprint density at radius 2 is 1.91 bits per heavy atom. The van der Waals surface area contributed by atoms with E-state index in [0.29, 0.717) is 30.4 Å². The molecule has 0 unspecified atom stereocenters. The number of thiophene rings is 1. The number of fused-ring (bicyclic) bond motifs is 3. The number of likely N-dealkylation sites (tertiary alicyclic amines) is 1. The maximum absolute atomic E-state index is 15.7. The van der Waals surface area contributed by atoms with Gasteiger partial charge in [0, 0.05) is 55.0 Å². The van der Waals surface area contributed by atoms with E-state index in [1.165, 1.54) is 9.80 Å². The Labute approximate surface area is 319 Å². The zero-order valence-corrected chi connectivity index (χ0v) is 31.3. The van der Waals surface area contributed by atoms with E-state index in [4.69, 9.17) is 15.2 Å². The van der Waals surface area contributed by atoms with E-state index in [1.54, 1.807) is 26.8 Å². The van der Waals surface area contributed by atoms with Gasteiger partial charge in [0.05, 0.1) is 38.5 Å². The van der Waals surface area contributed by atoms with Crippen LogP contribution in [0.4, 0.5) is 50.7 Å². The van der Waals surface area contributed by atoms with Crippen LogP contribution < -0.4 is 15.4 Å². The molecule has 2 N–H and O–H groups in total. The molecule has 5 heterocycles. The van der Waals surface area contributed by atoms with E-state index in [2.05, 4.69) is 9.97 Å². The summed E-state index contributed by atoms with van der Waals surface area (Å²) < 4.78 is 134. The van der Waals surface area contributed by atoms with E-state index < -0.39 is 103 Å². The lowest BCUT2D eigenvalue weighted by molar-refractivity contribution is -0.141. The highest BCUT2D eigenvalue weighted by Gasteiger charge is 2.50. The zero-order chi connectivity index (χ0) is 40.5. The number of hydrogen-bond donors (Lipinski definition) is 1. The number of carbonyl (C=O) groups excluding carboxylic acids is 1. The minimum Gasteiger partial charge on any atom is -0.461 e. The molecular formula is C37H37F8N7O3S. The van der Waals surface area contributed by atoms with Crippen LogP contribution in [-0.2, 0) is 17.1 Å². The number of alkyl halides is 7. The van der Waals surface area contributed by atoms with Crippen LogP contribution in [0.15, 0.2) is 18.2 Å². The molecule has 2 aromatic carbocycles. The minimum absolute atomic E-state index is 0.0253. The number of nitriles is 1. The highest BCUT2D eigenvalue weighted by Crippen LogP contribution is 2.52. The number of ether oxygens (including phenoxy) is 2. The Hall–Kier alpha value is -4.70. The fourth-order valence-corrected chi connectivity index (χ4v) is 9.42. The number of nitrogens with zero attached hydrogens (tertiary/aromatic N) is 6. The number of nitrogens with two attached hydrogens (primary N) is 1. The van der Waals surface area contributed by atoms with Gasteiger partial charge in [-0.2, -0.15) is 41.6 Å². The first kappa shape index (κ1) is 39.5. The molecule has 56 heavy (non-hydrogen) atoms. The van der Waals surface area contributed by atoms with Crippen LogP contribution in [0.3, 0.4) is 0 Å². The third-order valence-electron chi connectivity index (χ3n) is 10.8. The Bertz CT molecular complexity index is 2240. The molecule has 0 saturated carbocycles. The molecular weight excluding hydrogens is 775 g/mol. The second-order valence-electron chi connectivity index (χ2n) is 14.6. The summed E-state index contributed by atoms with van der Waals surface area (Å²) >= 11 is 0.524. The zero-order valence-electron chi connectivity index (χ0n) is 30.5. The molecule has 3 atom stereocenters. The second kappa shape index (κ2) is 14.4. The summed E-state index contributed by atoms with van der Waals surface area (Å²) in [5, 5.41) is 8.49. The summed E-state index contributed by atoms with van der Waals surface area (Å²) in [6.45, 7) is 5.76. The van der Waals surface area contributed by atoms with Crippen LogP contribution in [0.1, 0.15) is 63.1 Å². The van der Waals surface area contributed by atoms with Crippen molar-refractivity contribution in [3.8, 4) is 23.2 Å². The van der Waals surface area contributed by atoms with Crippen molar-refractivity contribution in [1.82, 2.24) is 19.8 Å². The fourth-order valence-electron chi connectivity index (χ4n) is 8.47. The van der Waals surface area contributed by atoms with Gasteiger partial charge in [0.1, 0.15) is 35.5 Å². The van der Waals surface area contributed by atoms with E-state index in [1.807, 2.05) is 4.90 Å². The number of halogens is 8. The summed E-state index contributed by atoms with van der Waals surface area (Å²) in [7, 11) is 0. The fraction of sp³-hybridized carbons (Fsp3) is 0.514. The van der Waals surface area contributed by atoms with Gasteiger partial charge in [-0.1, -0.05) is 6.07 Å². The lowest BCUT2D eigenvalue weighted by Gasteiger charge is -2.32. The summed E-state index contributed by atoms with van der Waals surface area (Å²) in [4.78, 5) is 26.2. The summed E-state index contributed by atoms with van der Waals surface area (Å²) in [6.07, 6.45) is -11.5. The number of aromatic nitrogens is 2. The van der Waals surface area contributed by atoms with Crippen LogP contribution in [-0.4, -0.2) is 89.0 Å². The van der Waals surface area contributed by atoms with Crippen LogP contribution in [0.25, 0.3) is 32.1 Å². The van der Waals surface area contributed by atoms with Gasteiger partial charge in [-0.05, 0) is 64.3 Å². The van der Waals surface area contributed by atoms with Gasteiger partial charge in [-0.3, -0.25) is 4.90 Å².